The van der Waals surface area contributed by atoms with Crippen molar-refractivity contribution in [2.45, 2.75) is 20.0 Å². The van der Waals surface area contributed by atoms with Gasteiger partial charge in [0.1, 0.15) is 17.6 Å². The fourth-order valence-electron chi connectivity index (χ4n) is 1.67. The number of alkyl halides is 3. The molecule has 1 unspecified atom stereocenters. The zero-order valence-corrected chi connectivity index (χ0v) is 11.1. The molecule has 0 spiro atoms. The van der Waals surface area contributed by atoms with Crippen LogP contribution >= 0.6 is 0 Å². The molecule has 20 heavy (non-hydrogen) atoms. The van der Waals surface area contributed by atoms with Gasteiger partial charge >= 0.3 is 6.18 Å². The van der Waals surface area contributed by atoms with Crippen LogP contribution in [0.3, 0.4) is 0 Å². The Morgan fingerprint density at radius 1 is 1.35 bits per heavy atom. The summed E-state index contributed by atoms with van der Waals surface area (Å²) in [7, 11) is 0. The number of nitriles is 2. The molecule has 1 rings (SSSR count). The molecule has 7 heteroatoms. The fraction of sp³-hybridized carbons (Fsp3) is 0.462. The van der Waals surface area contributed by atoms with Crippen LogP contribution in [0.15, 0.2) is 12.1 Å². The third-order valence-electron chi connectivity index (χ3n) is 2.68. The highest BCUT2D eigenvalue weighted by Gasteiger charge is 2.33. The average Bonchev–Trinajstić information content (AvgIpc) is 2.42. The van der Waals surface area contributed by atoms with Crippen LogP contribution < -0.4 is 4.90 Å². The number of anilines is 1. The van der Waals surface area contributed by atoms with Gasteiger partial charge in [-0.2, -0.15) is 23.7 Å². The van der Waals surface area contributed by atoms with Crippen molar-refractivity contribution in [2.75, 3.05) is 18.0 Å². The van der Waals surface area contributed by atoms with Crippen molar-refractivity contribution in [3.63, 3.8) is 0 Å². The summed E-state index contributed by atoms with van der Waals surface area (Å²) < 4.78 is 38.0. The van der Waals surface area contributed by atoms with Crippen molar-refractivity contribution < 1.29 is 13.2 Å². The molecule has 0 aliphatic carbocycles. The lowest BCUT2D eigenvalue weighted by molar-refractivity contribution is -0.141. The highest BCUT2D eigenvalue weighted by molar-refractivity contribution is 5.54. The van der Waals surface area contributed by atoms with Crippen LogP contribution in [-0.2, 0) is 6.18 Å². The predicted octanol–water partition coefficient (Wildman–Crippen LogP) is 2.96. The van der Waals surface area contributed by atoms with Gasteiger partial charge < -0.3 is 4.90 Å². The Morgan fingerprint density at radius 3 is 2.45 bits per heavy atom. The summed E-state index contributed by atoms with van der Waals surface area (Å²) in [6, 6.07) is 5.72. The minimum absolute atomic E-state index is 0.0353. The zero-order chi connectivity index (χ0) is 15.3. The molecule has 0 saturated carbocycles. The van der Waals surface area contributed by atoms with E-state index < -0.39 is 11.9 Å². The Balaban J connectivity index is 3.26. The van der Waals surface area contributed by atoms with Crippen LogP contribution in [0.2, 0.25) is 0 Å². The molecule has 0 aromatic carbocycles. The van der Waals surface area contributed by atoms with E-state index in [1.807, 2.05) is 12.1 Å². The SMILES string of the molecule is CCN(CC(C)C#N)c1nc(C(F)(F)F)ccc1C#N. The van der Waals surface area contributed by atoms with Crippen LogP contribution in [0.5, 0.6) is 0 Å². The number of nitrogens with zero attached hydrogens (tertiary/aromatic N) is 4. The fourth-order valence-corrected chi connectivity index (χ4v) is 1.67. The van der Waals surface area contributed by atoms with Crippen LogP contribution in [0, 0.1) is 28.6 Å². The lowest BCUT2D eigenvalue weighted by atomic mass is 10.1. The third kappa shape index (κ3) is 3.61. The van der Waals surface area contributed by atoms with Crippen LogP contribution in [0.1, 0.15) is 25.1 Å². The largest absolute Gasteiger partial charge is 0.433 e. The van der Waals surface area contributed by atoms with Gasteiger partial charge in [0.25, 0.3) is 0 Å². The lowest BCUT2D eigenvalue weighted by Crippen LogP contribution is -2.30. The Bertz CT molecular complexity index is 554. The van der Waals surface area contributed by atoms with Crippen LogP contribution in [-0.4, -0.2) is 18.1 Å². The predicted molar refractivity (Wildman–Crippen MR) is 66.6 cm³/mol. The Hall–Kier alpha value is -2.28. The molecule has 0 bridgehead atoms. The number of rotatable bonds is 4. The summed E-state index contributed by atoms with van der Waals surface area (Å²) in [5.74, 6) is -0.412. The van der Waals surface area contributed by atoms with Crippen LogP contribution in [0.4, 0.5) is 19.0 Å². The van der Waals surface area contributed by atoms with E-state index in [4.69, 9.17) is 10.5 Å². The summed E-state index contributed by atoms with van der Waals surface area (Å²) >= 11 is 0. The Labute approximate surface area is 115 Å². The molecule has 0 radical (unpaired) electrons. The molecule has 0 fully saturated rings. The maximum absolute atomic E-state index is 12.7. The normalized spacial score (nSPS) is 12.3. The van der Waals surface area contributed by atoms with Crippen molar-refractivity contribution in [3.05, 3.63) is 23.4 Å². The number of aromatic nitrogens is 1. The Kier molecular flexibility index (Phi) is 4.93. The first-order valence-corrected chi connectivity index (χ1v) is 5.96. The van der Waals surface area contributed by atoms with Crippen molar-refractivity contribution in [1.82, 2.24) is 4.98 Å². The quantitative estimate of drug-likeness (QED) is 0.851. The minimum Gasteiger partial charge on any atom is -0.354 e. The number of pyridine rings is 1. The number of halogens is 3. The number of hydrogen-bond donors (Lipinski definition) is 0. The van der Waals surface area contributed by atoms with E-state index in [0.29, 0.717) is 6.54 Å². The molecule has 0 aliphatic rings. The van der Waals surface area contributed by atoms with E-state index in [1.165, 1.54) is 4.90 Å². The summed E-state index contributed by atoms with van der Waals surface area (Å²) in [6.45, 7) is 3.96. The second-order valence-corrected chi connectivity index (χ2v) is 4.25. The average molecular weight is 282 g/mol. The van der Waals surface area contributed by atoms with Gasteiger partial charge in [0.2, 0.25) is 0 Å². The molecule has 1 heterocycles. The topological polar surface area (TPSA) is 63.7 Å². The van der Waals surface area contributed by atoms with Gasteiger partial charge in [-0.15, -0.1) is 0 Å². The lowest BCUT2D eigenvalue weighted by Gasteiger charge is -2.24. The van der Waals surface area contributed by atoms with E-state index in [1.54, 1.807) is 13.8 Å². The molecule has 4 nitrogen and oxygen atoms in total. The third-order valence-corrected chi connectivity index (χ3v) is 2.68. The van der Waals surface area contributed by atoms with Gasteiger partial charge in [-0.3, -0.25) is 0 Å². The molecule has 0 amide bonds. The second-order valence-electron chi connectivity index (χ2n) is 4.25. The van der Waals surface area contributed by atoms with Crippen molar-refractivity contribution in [2.24, 2.45) is 5.92 Å². The zero-order valence-electron chi connectivity index (χ0n) is 11.1. The van der Waals surface area contributed by atoms with Crippen LogP contribution in [0.25, 0.3) is 0 Å². The molecular formula is C13H13F3N4. The van der Waals surface area contributed by atoms with Gasteiger partial charge in [-0.1, -0.05) is 0 Å². The molecule has 0 N–H and O–H groups in total. The standard InChI is InChI=1S/C13H13F3N4/c1-3-20(8-9(2)6-17)12-10(7-18)4-5-11(19-12)13(14,15)16/h4-5,9H,3,8H2,1-2H3. The van der Waals surface area contributed by atoms with E-state index in [-0.39, 0.29) is 23.8 Å². The molecule has 0 aliphatic heterocycles. The van der Waals surface area contributed by atoms with Crippen molar-refractivity contribution in [3.8, 4) is 12.1 Å². The van der Waals surface area contributed by atoms with Gasteiger partial charge in [0, 0.05) is 13.1 Å². The van der Waals surface area contributed by atoms with E-state index in [2.05, 4.69) is 4.98 Å². The highest BCUT2D eigenvalue weighted by atomic mass is 19.4. The van der Waals surface area contributed by atoms with E-state index >= 15 is 0 Å². The smallest absolute Gasteiger partial charge is 0.354 e. The monoisotopic (exact) mass is 282 g/mol. The van der Waals surface area contributed by atoms with Gasteiger partial charge in [-0.25, -0.2) is 4.98 Å². The van der Waals surface area contributed by atoms with Gasteiger partial charge in [0.05, 0.1) is 17.6 Å². The molecule has 106 valence electrons. The summed E-state index contributed by atoms with van der Waals surface area (Å²) in [6.07, 6.45) is -4.57. The van der Waals surface area contributed by atoms with E-state index in [9.17, 15) is 13.2 Å². The van der Waals surface area contributed by atoms with Gasteiger partial charge in [0.15, 0.2) is 0 Å². The molecule has 0 saturated heterocycles. The maximum Gasteiger partial charge on any atom is 0.433 e. The van der Waals surface area contributed by atoms with Crippen molar-refractivity contribution >= 4 is 5.82 Å². The summed E-state index contributed by atoms with van der Waals surface area (Å²) in [5.41, 5.74) is -0.987. The second kappa shape index (κ2) is 6.25. The first-order chi connectivity index (χ1) is 9.33. The molecule has 1 atom stereocenters. The maximum atomic E-state index is 12.7. The Morgan fingerprint density at radius 2 is 2.00 bits per heavy atom. The number of hydrogen-bond acceptors (Lipinski definition) is 4. The molecule has 1 aromatic rings. The van der Waals surface area contributed by atoms with Crippen molar-refractivity contribution in [1.29, 1.82) is 10.5 Å². The molecule has 1 aromatic heterocycles. The highest BCUT2D eigenvalue weighted by Crippen LogP contribution is 2.30. The summed E-state index contributed by atoms with van der Waals surface area (Å²) in [4.78, 5) is 5.04. The van der Waals surface area contributed by atoms with E-state index in [0.717, 1.165) is 12.1 Å². The molecular weight excluding hydrogens is 269 g/mol. The first-order valence-electron chi connectivity index (χ1n) is 5.96. The minimum atomic E-state index is -4.57. The summed E-state index contributed by atoms with van der Waals surface area (Å²) in [5, 5.41) is 17.8. The first kappa shape index (κ1) is 15.8. The van der Waals surface area contributed by atoms with Gasteiger partial charge in [-0.05, 0) is 26.0 Å².